The van der Waals surface area contributed by atoms with Crippen molar-refractivity contribution in [2.24, 2.45) is 11.8 Å². The van der Waals surface area contributed by atoms with Gasteiger partial charge in [-0.1, -0.05) is 27.7 Å². The largest absolute Gasteiger partial charge is 0.339 e. The van der Waals surface area contributed by atoms with Gasteiger partial charge in [0, 0.05) is 6.04 Å². The first kappa shape index (κ1) is 14.6. The second kappa shape index (κ2) is 5.64. The molecule has 0 aliphatic rings. The zero-order chi connectivity index (χ0) is 14.9. The van der Waals surface area contributed by atoms with Crippen LogP contribution in [0.5, 0.6) is 0 Å². The maximum atomic E-state index is 12.5. The molecule has 0 fully saturated rings. The van der Waals surface area contributed by atoms with E-state index in [1.165, 1.54) is 10.9 Å². The van der Waals surface area contributed by atoms with Crippen LogP contribution >= 0.6 is 0 Å². The Morgan fingerprint density at radius 3 is 2.30 bits per heavy atom. The van der Waals surface area contributed by atoms with E-state index in [-0.39, 0.29) is 17.3 Å². The van der Waals surface area contributed by atoms with Crippen molar-refractivity contribution < 1.29 is 0 Å². The topological polar surface area (TPSA) is 83.5 Å². The lowest BCUT2D eigenvalue weighted by atomic mass is 9.95. The molecule has 20 heavy (non-hydrogen) atoms. The summed E-state index contributed by atoms with van der Waals surface area (Å²) in [5, 5.41) is 0. The van der Waals surface area contributed by atoms with Crippen molar-refractivity contribution in [1.29, 1.82) is 0 Å². The molecule has 2 aromatic rings. The minimum atomic E-state index is -0.374. The zero-order valence-electron chi connectivity index (χ0n) is 12.4. The minimum absolute atomic E-state index is 0.0843. The van der Waals surface area contributed by atoms with E-state index in [4.69, 9.17) is 0 Å². The number of nitrogens with one attached hydrogen (secondary N) is 2. The summed E-state index contributed by atoms with van der Waals surface area (Å²) in [7, 11) is 0. The molecule has 110 valence electrons. The monoisotopic (exact) mass is 278 g/mol. The van der Waals surface area contributed by atoms with E-state index in [0.29, 0.717) is 23.0 Å². The van der Waals surface area contributed by atoms with Crippen LogP contribution in [0.1, 0.15) is 46.6 Å². The number of H-pyrrole nitrogens is 2. The third kappa shape index (κ3) is 2.84. The normalized spacial score (nSPS) is 12.2. The summed E-state index contributed by atoms with van der Waals surface area (Å²) in [6, 6.07) is -0.0843. The molecule has 0 amide bonds. The Morgan fingerprint density at radius 2 is 1.75 bits per heavy atom. The van der Waals surface area contributed by atoms with Crippen LogP contribution in [-0.4, -0.2) is 19.5 Å². The molecule has 0 aliphatic heterocycles. The van der Waals surface area contributed by atoms with Crippen LogP contribution in [0.3, 0.4) is 0 Å². The molecule has 0 aromatic carbocycles. The highest BCUT2D eigenvalue weighted by Crippen LogP contribution is 2.22. The van der Waals surface area contributed by atoms with E-state index >= 15 is 0 Å². The molecule has 6 heteroatoms. The lowest BCUT2D eigenvalue weighted by molar-refractivity contribution is 0.325. The van der Waals surface area contributed by atoms with Gasteiger partial charge in [0.15, 0.2) is 5.65 Å². The van der Waals surface area contributed by atoms with Gasteiger partial charge in [-0.3, -0.25) is 14.3 Å². The highest BCUT2D eigenvalue weighted by Gasteiger charge is 2.20. The van der Waals surface area contributed by atoms with Gasteiger partial charge in [-0.15, -0.1) is 0 Å². The Kier molecular flexibility index (Phi) is 4.11. The number of aromatic amines is 2. The van der Waals surface area contributed by atoms with Gasteiger partial charge in [0.1, 0.15) is 5.52 Å². The Labute approximate surface area is 117 Å². The average Bonchev–Trinajstić information content (AvgIpc) is 2.75. The highest BCUT2D eigenvalue weighted by molar-refractivity contribution is 5.67. The summed E-state index contributed by atoms with van der Waals surface area (Å²) < 4.78 is 1.35. The fourth-order valence-corrected chi connectivity index (χ4v) is 2.65. The molecular formula is C14H22N4O2. The molecule has 2 rings (SSSR count). The van der Waals surface area contributed by atoms with E-state index in [1.54, 1.807) is 0 Å². The van der Waals surface area contributed by atoms with Crippen LogP contribution in [0.4, 0.5) is 0 Å². The smallest absolute Gasteiger partial charge is 0.330 e. The summed E-state index contributed by atoms with van der Waals surface area (Å²) >= 11 is 0. The van der Waals surface area contributed by atoms with Crippen LogP contribution in [0.2, 0.25) is 0 Å². The number of rotatable bonds is 5. The maximum absolute atomic E-state index is 12.5. The standard InChI is InChI=1S/C14H22N4O2/c1-8(2)5-10(6-9(3)4)18-13(19)11-12(16-7-15-11)17-14(18)20/h7-10H,5-6H2,1-4H3,(H,15,16)(H,17,20). The zero-order valence-corrected chi connectivity index (χ0v) is 12.4. The third-order valence-corrected chi connectivity index (χ3v) is 3.37. The van der Waals surface area contributed by atoms with Crippen LogP contribution < -0.4 is 11.2 Å². The first-order valence-corrected chi connectivity index (χ1v) is 7.08. The molecular weight excluding hydrogens is 256 g/mol. The van der Waals surface area contributed by atoms with Crippen molar-refractivity contribution in [3.63, 3.8) is 0 Å². The van der Waals surface area contributed by atoms with E-state index in [2.05, 4.69) is 42.6 Å². The number of aromatic nitrogens is 4. The lowest BCUT2D eigenvalue weighted by Crippen LogP contribution is -2.39. The molecule has 0 atom stereocenters. The second-order valence-corrected chi connectivity index (χ2v) is 6.14. The van der Waals surface area contributed by atoms with Gasteiger partial charge in [-0.05, 0) is 24.7 Å². The quantitative estimate of drug-likeness (QED) is 0.878. The van der Waals surface area contributed by atoms with Gasteiger partial charge in [-0.25, -0.2) is 9.78 Å². The molecule has 6 nitrogen and oxygen atoms in total. The van der Waals surface area contributed by atoms with E-state index < -0.39 is 0 Å². The molecule has 0 aliphatic carbocycles. The molecule has 2 heterocycles. The summed E-state index contributed by atoms with van der Waals surface area (Å²) in [5.74, 6) is 0.838. The number of imidazole rings is 1. The predicted molar refractivity (Wildman–Crippen MR) is 78.9 cm³/mol. The number of fused-ring (bicyclic) bond motifs is 1. The van der Waals surface area contributed by atoms with Crippen LogP contribution in [-0.2, 0) is 0 Å². The Hall–Kier alpha value is -1.85. The summed E-state index contributed by atoms with van der Waals surface area (Å²) in [4.78, 5) is 34.1. The van der Waals surface area contributed by atoms with Gasteiger partial charge in [0.05, 0.1) is 6.33 Å². The summed E-state index contributed by atoms with van der Waals surface area (Å²) in [5.41, 5.74) is 0.0275. The predicted octanol–water partition coefficient (Wildman–Crippen LogP) is 2.05. The number of nitrogens with zero attached hydrogens (tertiary/aromatic N) is 2. The van der Waals surface area contributed by atoms with Gasteiger partial charge < -0.3 is 4.98 Å². The van der Waals surface area contributed by atoms with E-state index in [1.807, 2.05) is 0 Å². The maximum Gasteiger partial charge on any atom is 0.330 e. The number of hydrogen-bond acceptors (Lipinski definition) is 3. The van der Waals surface area contributed by atoms with Crippen LogP contribution in [0.25, 0.3) is 11.2 Å². The van der Waals surface area contributed by atoms with Crippen molar-refractivity contribution in [3.05, 3.63) is 27.2 Å². The van der Waals surface area contributed by atoms with Crippen molar-refractivity contribution in [1.82, 2.24) is 19.5 Å². The van der Waals surface area contributed by atoms with E-state index in [0.717, 1.165) is 12.8 Å². The minimum Gasteiger partial charge on any atom is -0.339 e. The first-order chi connectivity index (χ1) is 9.40. The Balaban J connectivity index is 2.57. The molecule has 0 unspecified atom stereocenters. The van der Waals surface area contributed by atoms with Crippen molar-refractivity contribution >= 4 is 11.2 Å². The Bertz CT molecular complexity index is 683. The third-order valence-electron chi connectivity index (χ3n) is 3.37. The SMILES string of the molecule is CC(C)CC(CC(C)C)n1c(=O)[nH]c2nc[nH]c2c1=O. The average molecular weight is 278 g/mol. The fourth-order valence-electron chi connectivity index (χ4n) is 2.65. The second-order valence-electron chi connectivity index (χ2n) is 6.14. The molecule has 2 N–H and O–H groups in total. The molecule has 0 bridgehead atoms. The fraction of sp³-hybridized carbons (Fsp3) is 0.643. The van der Waals surface area contributed by atoms with Crippen LogP contribution in [0, 0.1) is 11.8 Å². The van der Waals surface area contributed by atoms with Gasteiger partial charge in [0.25, 0.3) is 5.56 Å². The van der Waals surface area contributed by atoms with Crippen LogP contribution in [0.15, 0.2) is 15.9 Å². The molecule has 0 spiro atoms. The van der Waals surface area contributed by atoms with Gasteiger partial charge >= 0.3 is 5.69 Å². The van der Waals surface area contributed by atoms with E-state index in [9.17, 15) is 9.59 Å². The first-order valence-electron chi connectivity index (χ1n) is 7.08. The molecule has 0 saturated heterocycles. The van der Waals surface area contributed by atoms with Crippen molar-refractivity contribution in [3.8, 4) is 0 Å². The van der Waals surface area contributed by atoms with Gasteiger partial charge in [0.2, 0.25) is 0 Å². The molecule has 0 radical (unpaired) electrons. The van der Waals surface area contributed by atoms with Crippen molar-refractivity contribution in [2.45, 2.75) is 46.6 Å². The highest BCUT2D eigenvalue weighted by atomic mass is 16.2. The molecule has 2 aromatic heterocycles. The molecule has 0 saturated carbocycles. The van der Waals surface area contributed by atoms with Crippen molar-refractivity contribution in [2.75, 3.05) is 0 Å². The lowest BCUT2D eigenvalue weighted by Gasteiger charge is -2.22. The summed E-state index contributed by atoms with van der Waals surface area (Å²) in [6.45, 7) is 8.39. The van der Waals surface area contributed by atoms with Gasteiger partial charge in [-0.2, -0.15) is 0 Å². The Morgan fingerprint density at radius 1 is 1.15 bits per heavy atom. The summed E-state index contributed by atoms with van der Waals surface area (Å²) in [6.07, 6.45) is 3.04. The number of hydrogen-bond donors (Lipinski definition) is 2.